The van der Waals surface area contributed by atoms with Gasteiger partial charge in [-0.2, -0.15) is 0 Å². The lowest BCUT2D eigenvalue weighted by Gasteiger charge is -2.23. The van der Waals surface area contributed by atoms with Crippen LogP contribution in [0.4, 0.5) is 5.69 Å². The molecule has 31 heavy (non-hydrogen) atoms. The zero-order valence-corrected chi connectivity index (χ0v) is 17.5. The maximum atomic E-state index is 12.8. The zero-order valence-electron chi connectivity index (χ0n) is 17.5. The fraction of sp³-hybridized carbons (Fsp3) is 0.280. The van der Waals surface area contributed by atoms with Crippen molar-refractivity contribution in [2.45, 2.75) is 6.42 Å². The highest BCUT2D eigenvalue weighted by atomic mass is 16.5. The van der Waals surface area contributed by atoms with E-state index in [9.17, 15) is 9.59 Å². The second kappa shape index (κ2) is 10.2. The van der Waals surface area contributed by atoms with Crippen LogP contribution >= 0.6 is 0 Å². The molecule has 0 atom stereocenters. The Morgan fingerprint density at radius 3 is 2.45 bits per heavy atom. The molecule has 0 unspecified atom stereocenters. The molecule has 1 aliphatic heterocycles. The minimum atomic E-state index is -0.234. The van der Waals surface area contributed by atoms with E-state index in [4.69, 9.17) is 4.74 Å². The summed E-state index contributed by atoms with van der Waals surface area (Å²) in [7, 11) is 0. The first kappa shape index (κ1) is 21.0. The Kier molecular flexibility index (Phi) is 6.92. The number of carbonyl (C=O) groups is 2. The topological polar surface area (TPSA) is 71.9 Å². The van der Waals surface area contributed by atoms with Gasteiger partial charge in [0.05, 0.1) is 31.0 Å². The van der Waals surface area contributed by atoms with Crippen molar-refractivity contribution in [3.05, 3.63) is 77.9 Å². The first-order valence-electron chi connectivity index (χ1n) is 10.8. The number of morpholine rings is 1. The van der Waals surface area contributed by atoms with E-state index in [0.717, 1.165) is 50.0 Å². The molecule has 0 saturated carbocycles. The molecule has 4 rings (SSSR count). The van der Waals surface area contributed by atoms with Crippen molar-refractivity contribution in [3.8, 4) is 0 Å². The second-order valence-electron chi connectivity index (χ2n) is 7.78. The van der Waals surface area contributed by atoms with Crippen molar-refractivity contribution < 1.29 is 19.2 Å². The van der Waals surface area contributed by atoms with E-state index in [1.807, 2.05) is 42.5 Å². The van der Waals surface area contributed by atoms with Crippen molar-refractivity contribution >= 4 is 28.3 Å². The van der Waals surface area contributed by atoms with Gasteiger partial charge < -0.3 is 20.3 Å². The summed E-state index contributed by atoms with van der Waals surface area (Å²) in [5, 5.41) is 7.96. The number of hydrogen-bond donors (Lipinski definition) is 3. The third-order valence-electron chi connectivity index (χ3n) is 5.62. The number of amides is 2. The van der Waals surface area contributed by atoms with Gasteiger partial charge in [0.25, 0.3) is 11.8 Å². The molecule has 3 aromatic rings. The quantitative estimate of drug-likeness (QED) is 0.515. The Bertz CT molecular complexity index is 1060. The van der Waals surface area contributed by atoms with E-state index < -0.39 is 0 Å². The van der Waals surface area contributed by atoms with Crippen LogP contribution in [0.25, 0.3) is 10.8 Å². The molecular formula is C25H28N3O3+. The Labute approximate surface area is 182 Å². The number of nitrogens with one attached hydrogen (secondary N) is 3. The van der Waals surface area contributed by atoms with E-state index in [2.05, 4.69) is 10.6 Å². The molecule has 1 heterocycles. The molecule has 3 aromatic carbocycles. The average Bonchev–Trinajstić information content (AvgIpc) is 2.82. The summed E-state index contributed by atoms with van der Waals surface area (Å²) in [6, 6.07) is 20.6. The predicted octanol–water partition coefficient (Wildman–Crippen LogP) is 2.13. The Morgan fingerprint density at radius 1 is 0.871 bits per heavy atom. The maximum absolute atomic E-state index is 12.8. The normalized spacial score (nSPS) is 14.3. The van der Waals surface area contributed by atoms with Gasteiger partial charge in [0.1, 0.15) is 13.1 Å². The molecule has 0 bridgehead atoms. The SMILES string of the molecule is O=C(Nc1ccccc1C(=O)NCCC[NH+]1CCOCC1)c1ccc2ccccc2c1. The summed E-state index contributed by atoms with van der Waals surface area (Å²) >= 11 is 0. The lowest BCUT2D eigenvalue weighted by atomic mass is 10.1. The van der Waals surface area contributed by atoms with Crippen LogP contribution in [0.1, 0.15) is 27.1 Å². The van der Waals surface area contributed by atoms with E-state index >= 15 is 0 Å². The third-order valence-corrected chi connectivity index (χ3v) is 5.62. The van der Waals surface area contributed by atoms with Crippen LogP contribution in [0.3, 0.4) is 0 Å². The predicted molar refractivity (Wildman–Crippen MR) is 122 cm³/mol. The fourth-order valence-corrected chi connectivity index (χ4v) is 3.86. The number of hydrogen-bond acceptors (Lipinski definition) is 3. The first-order chi connectivity index (χ1) is 15.2. The number of carbonyl (C=O) groups excluding carboxylic acids is 2. The third kappa shape index (κ3) is 5.48. The number of rotatable bonds is 7. The van der Waals surface area contributed by atoms with Crippen LogP contribution in [0, 0.1) is 0 Å². The van der Waals surface area contributed by atoms with Crippen LogP contribution < -0.4 is 15.5 Å². The molecule has 0 aromatic heterocycles. The number of anilines is 1. The summed E-state index contributed by atoms with van der Waals surface area (Å²) in [6.45, 7) is 5.30. The van der Waals surface area contributed by atoms with Crippen molar-refractivity contribution in [1.82, 2.24) is 5.32 Å². The Hall–Kier alpha value is -3.22. The van der Waals surface area contributed by atoms with Gasteiger partial charge in [-0.05, 0) is 35.0 Å². The van der Waals surface area contributed by atoms with Gasteiger partial charge in [0.15, 0.2) is 0 Å². The Morgan fingerprint density at radius 2 is 1.61 bits per heavy atom. The van der Waals surface area contributed by atoms with E-state index in [1.165, 1.54) is 4.90 Å². The van der Waals surface area contributed by atoms with Crippen LogP contribution in [0.5, 0.6) is 0 Å². The molecule has 3 N–H and O–H groups in total. The highest BCUT2D eigenvalue weighted by Gasteiger charge is 2.16. The lowest BCUT2D eigenvalue weighted by Crippen LogP contribution is -3.14. The Balaban J connectivity index is 1.36. The minimum Gasteiger partial charge on any atom is -0.370 e. The van der Waals surface area contributed by atoms with Crippen molar-refractivity contribution in [3.63, 3.8) is 0 Å². The van der Waals surface area contributed by atoms with Gasteiger partial charge in [-0.25, -0.2) is 0 Å². The van der Waals surface area contributed by atoms with E-state index in [-0.39, 0.29) is 11.8 Å². The van der Waals surface area contributed by atoms with Crippen molar-refractivity contribution in [2.75, 3.05) is 44.7 Å². The molecular weight excluding hydrogens is 390 g/mol. The number of quaternary nitrogens is 1. The summed E-state index contributed by atoms with van der Waals surface area (Å²) in [5.74, 6) is -0.409. The van der Waals surface area contributed by atoms with Gasteiger partial charge in [-0.3, -0.25) is 9.59 Å². The molecule has 6 heteroatoms. The summed E-state index contributed by atoms with van der Waals surface area (Å²) in [4.78, 5) is 27.0. The summed E-state index contributed by atoms with van der Waals surface area (Å²) in [5.41, 5.74) is 1.54. The zero-order chi connectivity index (χ0) is 21.5. The largest absolute Gasteiger partial charge is 0.370 e. The smallest absolute Gasteiger partial charge is 0.255 e. The molecule has 0 spiro atoms. The highest BCUT2D eigenvalue weighted by Crippen LogP contribution is 2.19. The standard InChI is InChI=1S/C25H27N3O3/c29-24(21-11-10-19-6-1-2-7-20(19)18-21)27-23-9-4-3-8-22(23)25(30)26-12-5-13-28-14-16-31-17-15-28/h1-4,6-11,18H,5,12-17H2,(H,26,30)(H,27,29)/p+1. The van der Waals surface area contributed by atoms with Crippen LogP contribution in [-0.4, -0.2) is 51.2 Å². The number of benzene rings is 3. The molecule has 6 nitrogen and oxygen atoms in total. The van der Waals surface area contributed by atoms with Crippen LogP contribution in [0.2, 0.25) is 0 Å². The molecule has 1 aliphatic rings. The van der Waals surface area contributed by atoms with Crippen LogP contribution in [-0.2, 0) is 4.74 Å². The molecule has 2 amide bonds. The number of ether oxygens (including phenoxy) is 1. The van der Waals surface area contributed by atoms with Gasteiger partial charge in [0, 0.05) is 18.5 Å². The summed E-state index contributed by atoms with van der Waals surface area (Å²) in [6.07, 6.45) is 0.909. The fourth-order valence-electron chi connectivity index (χ4n) is 3.86. The lowest BCUT2D eigenvalue weighted by molar-refractivity contribution is -0.908. The van der Waals surface area contributed by atoms with E-state index in [1.54, 1.807) is 24.3 Å². The first-order valence-corrected chi connectivity index (χ1v) is 10.8. The number of para-hydroxylation sites is 1. The number of fused-ring (bicyclic) bond motifs is 1. The molecule has 0 aliphatic carbocycles. The van der Waals surface area contributed by atoms with E-state index in [0.29, 0.717) is 23.4 Å². The average molecular weight is 419 g/mol. The minimum absolute atomic E-state index is 0.175. The highest BCUT2D eigenvalue weighted by molar-refractivity contribution is 6.10. The second-order valence-corrected chi connectivity index (χ2v) is 7.78. The molecule has 1 saturated heterocycles. The van der Waals surface area contributed by atoms with Crippen LogP contribution in [0.15, 0.2) is 66.7 Å². The molecule has 1 fully saturated rings. The van der Waals surface area contributed by atoms with Gasteiger partial charge in [0.2, 0.25) is 0 Å². The van der Waals surface area contributed by atoms with Gasteiger partial charge in [-0.15, -0.1) is 0 Å². The van der Waals surface area contributed by atoms with Crippen molar-refractivity contribution in [2.24, 2.45) is 0 Å². The summed E-state index contributed by atoms with van der Waals surface area (Å²) < 4.78 is 5.37. The maximum Gasteiger partial charge on any atom is 0.255 e. The monoisotopic (exact) mass is 418 g/mol. The van der Waals surface area contributed by atoms with Gasteiger partial charge in [-0.1, -0.05) is 42.5 Å². The van der Waals surface area contributed by atoms with Crippen molar-refractivity contribution in [1.29, 1.82) is 0 Å². The molecule has 160 valence electrons. The van der Waals surface area contributed by atoms with Gasteiger partial charge >= 0.3 is 0 Å². The molecule has 0 radical (unpaired) electrons.